The first-order valence-electron chi connectivity index (χ1n) is 10.1. The van der Waals surface area contributed by atoms with Gasteiger partial charge >= 0.3 is 6.11 Å². The maximum atomic E-state index is 14.5. The van der Waals surface area contributed by atoms with Gasteiger partial charge in [-0.05, 0) is 57.1 Å². The van der Waals surface area contributed by atoms with E-state index in [1.54, 1.807) is 14.0 Å². The summed E-state index contributed by atoms with van der Waals surface area (Å²) in [6.07, 6.45) is 2.70. The van der Waals surface area contributed by atoms with Crippen LogP contribution in [0.3, 0.4) is 0 Å². The number of rotatable bonds is 11. The molecule has 1 fully saturated rings. The van der Waals surface area contributed by atoms with Gasteiger partial charge in [0.25, 0.3) is 0 Å². The summed E-state index contributed by atoms with van der Waals surface area (Å²) in [6, 6.07) is 2.09. The number of methoxy groups -OCH3 is 1. The van der Waals surface area contributed by atoms with Crippen molar-refractivity contribution < 1.29 is 31.8 Å². The summed E-state index contributed by atoms with van der Waals surface area (Å²) in [4.78, 5) is 0. The monoisotopic (exact) mass is 406 g/mol. The molecule has 0 saturated heterocycles. The molecule has 0 heterocycles. The fourth-order valence-electron chi connectivity index (χ4n) is 3.73. The molecule has 0 unspecified atom stereocenters. The molecule has 1 aliphatic rings. The number of benzene rings is 1. The molecule has 2 rings (SSSR count). The number of unbranched alkanes of at least 4 members (excludes halogenated alkanes) is 2. The molecule has 0 amide bonds. The van der Waals surface area contributed by atoms with Crippen molar-refractivity contribution in [2.45, 2.75) is 64.4 Å². The lowest BCUT2D eigenvalue weighted by Crippen LogP contribution is -2.37. The van der Waals surface area contributed by atoms with Crippen molar-refractivity contribution in [3.8, 4) is 11.5 Å². The molecule has 1 aliphatic carbocycles. The largest absolute Gasteiger partial charge is 0.491 e. The average molecular weight is 406 g/mol. The summed E-state index contributed by atoms with van der Waals surface area (Å²) < 4.78 is 71.5. The lowest BCUT2D eigenvalue weighted by Gasteiger charge is -2.33. The van der Waals surface area contributed by atoms with Crippen molar-refractivity contribution in [2.75, 3.05) is 20.3 Å². The third kappa shape index (κ3) is 6.26. The molecule has 0 atom stereocenters. The quantitative estimate of drug-likeness (QED) is 0.317. The van der Waals surface area contributed by atoms with Crippen molar-refractivity contribution in [1.82, 2.24) is 0 Å². The summed E-state index contributed by atoms with van der Waals surface area (Å²) in [6.45, 7) is 2.51. The molecule has 160 valence electrons. The van der Waals surface area contributed by atoms with Gasteiger partial charge in [-0.25, -0.2) is 0 Å². The Labute approximate surface area is 164 Å². The zero-order valence-electron chi connectivity index (χ0n) is 16.6. The summed E-state index contributed by atoms with van der Waals surface area (Å²) in [5, 5.41) is 0. The Balaban J connectivity index is 1.86. The van der Waals surface area contributed by atoms with Crippen molar-refractivity contribution in [3.63, 3.8) is 0 Å². The molecule has 0 radical (unpaired) electrons. The summed E-state index contributed by atoms with van der Waals surface area (Å²) >= 11 is 0. The Kier molecular flexibility index (Phi) is 8.86. The minimum absolute atomic E-state index is 0.141. The second kappa shape index (κ2) is 10.9. The van der Waals surface area contributed by atoms with Crippen molar-refractivity contribution in [2.24, 2.45) is 11.8 Å². The van der Waals surface area contributed by atoms with Crippen molar-refractivity contribution in [1.29, 1.82) is 0 Å². The molecule has 0 aliphatic heterocycles. The van der Waals surface area contributed by atoms with Gasteiger partial charge in [-0.2, -0.15) is 17.6 Å². The highest BCUT2D eigenvalue weighted by atomic mass is 19.3. The smallest absolute Gasteiger partial charge is 0.400 e. The first kappa shape index (κ1) is 22.8. The minimum atomic E-state index is -3.54. The van der Waals surface area contributed by atoms with Gasteiger partial charge in [0.2, 0.25) is 11.6 Å². The van der Waals surface area contributed by atoms with E-state index in [9.17, 15) is 17.6 Å². The van der Waals surface area contributed by atoms with E-state index >= 15 is 0 Å². The molecule has 0 bridgehead atoms. The number of ether oxygens (including phenoxy) is 3. The van der Waals surface area contributed by atoms with Crippen LogP contribution in [0.4, 0.5) is 17.6 Å². The average Bonchev–Trinajstić information content (AvgIpc) is 2.68. The Morgan fingerprint density at radius 1 is 0.964 bits per heavy atom. The number of hydrogen-bond acceptors (Lipinski definition) is 3. The van der Waals surface area contributed by atoms with Gasteiger partial charge in [0, 0.05) is 13.7 Å². The van der Waals surface area contributed by atoms with Gasteiger partial charge in [0.1, 0.15) is 0 Å². The van der Waals surface area contributed by atoms with Gasteiger partial charge in [0.05, 0.1) is 12.5 Å². The van der Waals surface area contributed by atoms with E-state index in [1.165, 1.54) is 0 Å². The van der Waals surface area contributed by atoms with Crippen LogP contribution in [-0.2, 0) is 4.74 Å². The fraction of sp³-hybridized carbons (Fsp3) is 0.714. The summed E-state index contributed by atoms with van der Waals surface area (Å²) in [5.74, 6) is -4.42. The lowest BCUT2D eigenvalue weighted by molar-refractivity contribution is -0.224. The van der Waals surface area contributed by atoms with Crippen LogP contribution in [0.2, 0.25) is 0 Å². The van der Waals surface area contributed by atoms with E-state index in [1.807, 2.05) is 0 Å². The molecule has 3 nitrogen and oxygen atoms in total. The van der Waals surface area contributed by atoms with Crippen LogP contribution in [0.25, 0.3) is 0 Å². The van der Waals surface area contributed by atoms with Crippen LogP contribution in [0.5, 0.6) is 11.5 Å². The Hall–Kier alpha value is -1.50. The van der Waals surface area contributed by atoms with Gasteiger partial charge in [-0.3, -0.25) is 0 Å². The molecule has 7 heteroatoms. The summed E-state index contributed by atoms with van der Waals surface area (Å²) in [7, 11) is 1.68. The van der Waals surface area contributed by atoms with Crippen LogP contribution in [0.15, 0.2) is 12.1 Å². The molecule has 1 aromatic rings. The highest BCUT2D eigenvalue weighted by Crippen LogP contribution is 2.42. The molecule has 1 saturated carbocycles. The third-order valence-corrected chi connectivity index (χ3v) is 5.34. The van der Waals surface area contributed by atoms with Crippen LogP contribution in [0, 0.1) is 23.5 Å². The first-order chi connectivity index (χ1) is 13.4. The van der Waals surface area contributed by atoms with E-state index in [4.69, 9.17) is 9.47 Å². The second-order valence-electron chi connectivity index (χ2n) is 7.35. The molecule has 0 aromatic heterocycles. The van der Waals surface area contributed by atoms with Crippen molar-refractivity contribution in [3.05, 3.63) is 23.8 Å². The van der Waals surface area contributed by atoms with Crippen molar-refractivity contribution >= 4 is 0 Å². The Bertz CT molecular complexity index is 602. The zero-order chi connectivity index (χ0) is 20.6. The molecule has 1 aromatic carbocycles. The SMILES string of the molecule is CCOc1ccc(OC(F)(F)C2CCC(CCCCCOC)CC2)c(F)c1F. The number of alkyl halides is 2. The lowest BCUT2D eigenvalue weighted by atomic mass is 9.79. The predicted molar refractivity (Wildman–Crippen MR) is 98.9 cm³/mol. The van der Waals surface area contributed by atoms with E-state index in [-0.39, 0.29) is 12.4 Å². The zero-order valence-corrected chi connectivity index (χ0v) is 16.6. The number of halogens is 4. The highest BCUT2D eigenvalue weighted by Gasteiger charge is 2.44. The Morgan fingerprint density at radius 2 is 1.61 bits per heavy atom. The van der Waals surface area contributed by atoms with E-state index in [0.29, 0.717) is 31.6 Å². The molecule has 0 spiro atoms. The minimum Gasteiger partial charge on any atom is -0.491 e. The van der Waals surface area contributed by atoms with Crippen LogP contribution in [0.1, 0.15) is 58.3 Å². The summed E-state index contributed by atoms with van der Waals surface area (Å²) in [5.41, 5.74) is 0. The molecular formula is C21H30F4O3. The van der Waals surface area contributed by atoms with E-state index in [0.717, 1.165) is 44.4 Å². The predicted octanol–water partition coefficient (Wildman–Crippen LogP) is 6.35. The topological polar surface area (TPSA) is 27.7 Å². The molecule has 28 heavy (non-hydrogen) atoms. The molecule has 0 N–H and O–H groups in total. The maximum Gasteiger partial charge on any atom is 0.400 e. The van der Waals surface area contributed by atoms with Crippen LogP contribution >= 0.6 is 0 Å². The maximum absolute atomic E-state index is 14.5. The molecular weight excluding hydrogens is 376 g/mol. The fourth-order valence-corrected chi connectivity index (χ4v) is 3.73. The van der Waals surface area contributed by atoms with Gasteiger partial charge in [0.15, 0.2) is 11.5 Å². The first-order valence-corrected chi connectivity index (χ1v) is 10.1. The third-order valence-electron chi connectivity index (χ3n) is 5.34. The number of hydrogen-bond donors (Lipinski definition) is 0. The highest BCUT2D eigenvalue weighted by molar-refractivity contribution is 5.35. The van der Waals surface area contributed by atoms with Gasteiger partial charge in [-0.15, -0.1) is 0 Å². The van der Waals surface area contributed by atoms with Crippen LogP contribution < -0.4 is 9.47 Å². The second-order valence-corrected chi connectivity index (χ2v) is 7.35. The normalized spacial score (nSPS) is 20.2. The van der Waals surface area contributed by atoms with Gasteiger partial charge < -0.3 is 14.2 Å². The standard InChI is InChI=1S/C21H30F4O3/c1-3-27-17-12-13-18(20(23)19(17)22)28-21(24,25)16-10-8-15(9-11-16)7-5-4-6-14-26-2/h12-13,15-16H,3-11,14H2,1-2H3. The van der Waals surface area contributed by atoms with Gasteiger partial charge in [-0.1, -0.05) is 19.3 Å². The Morgan fingerprint density at radius 3 is 2.25 bits per heavy atom. The van der Waals surface area contributed by atoms with Crippen LogP contribution in [-0.4, -0.2) is 26.4 Å². The van der Waals surface area contributed by atoms with E-state index < -0.39 is 29.4 Å². The van der Waals surface area contributed by atoms with E-state index in [2.05, 4.69) is 4.74 Å².